The molecule has 2 aromatic rings. The highest BCUT2D eigenvalue weighted by atomic mass is 79.9. The van der Waals surface area contributed by atoms with Crippen LogP contribution in [0.1, 0.15) is 11.7 Å². The van der Waals surface area contributed by atoms with E-state index in [1.54, 1.807) is 30.3 Å². The number of hydrogen-bond donors (Lipinski definition) is 2. The van der Waals surface area contributed by atoms with Gasteiger partial charge >= 0.3 is 6.03 Å². The number of nitrogens with two attached hydrogens (primary N) is 1. The first-order valence-corrected chi connectivity index (χ1v) is 7.03. The van der Waals surface area contributed by atoms with Crippen molar-refractivity contribution in [2.24, 2.45) is 5.73 Å². The average molecular weight is 367 g/mol. The third kappa shape index (κ3) is 4.05. The summed E-state index contributed by atoms with van der Waals surface area (Å²) < 4.78 is 19.1. The van der Waals surface area contributed by atoms with Crippen molar-refractivity contribution in [2.45, 2.75) is 6.10 Å². The largest absolute Gasteiger partial charge is 0.475 e. The van der Waals surface area contributed by atoms with Crippen LogP contribution in [0.25, 0.3) is 0 Å². The number of nitrogens with one attached hydrogen (secondary N) is 1. The van der Waals surface area contributed by atoms with Gasteiger partial charge in [0, 0.05) is 5.56 Å². The van der Waals surface area contributed by atoms with Crippen molar-refractivity contribution in [1.82, 2.24) is 5.32 Å². The number of halogens is 2. The molecule has 0 spiro atoms. The van der Waals surface area contributed by atoms with E-state index in [9.17, 15) is 14.0 Å². The molecule has 0 bridgehead atoms. The molecule has 1 unspecified atom stereocenters. The maximum absolute atomic E-state index is 13.1. The number of urea groups is 1. The fourth-order valence-electron chi connectivity index (χ4n) is 1.79. The van der Waals surface area contributed by atoms with Gasteiger partial charge in [-0.1, -0.05) is 30.3 Å². The highest BCUT2D eigenvalue weighted by Crippen LogP contribution is 2.30. The average Bonchev–Trinajstić information content (AvgIpc) is 2.46. The summed E-state index contributed by atoms with van der Waals surface area (Å²) in [6.07, 6.45) is -1.10. The third-order valence-electron chi connectivity index (χ3n) is 2.73. The first-order chi connectivity index (χ1) is 10.5. The Balaban J connectivity index is 2.32. The monoisotopic (exact) mass is 366 g/mol. The number of carbonyl (C=O) groups is 2. The zero-order valence-electron chi connectivity index (χ0n) is 11.3. The van der Waals surface area contributed by atoms with Crippen LogP contribution in [-0.4, -0.2) is 11.9 Å². The van der Waals surface area contributed by atoms with E-state index in [0.717, 1.165) is 0 Å². The topological polar surface area (TPSA) is 81.4 Å². The maximum Gasteiger partial charge on any atom is 0.318 e. The fraction of sp³-hybridized carbons (Fsp3) is 0.0667. The van der Waals surface area contributed by atoms with E-state index >= 15 is 0 Å². The van der Waals surface area contributed by atoms with Gasteiger partial charge in [-0.3, -0.25) is 10.1 Å². The van der Waals surface area contributed by atoms with Crippen molar-refractivity contribution < 1.29 is 18.7 Å². The molecule has 5 nitrogen and oxygen atoms in total. The van der Waals surface area contributed by atoms with E-state index in [2.05, 4.69) is 15.9 Å². The van der Waals surface area contributed by atoms with E-state index < -0.39 is 23.9 Å². The Hall–Kier alpha value is -2.41. The van der Waals surface area contributed by atoms with Crippen LogP contribution < -0.4 is 15.8 Å². The Kier molecular flexibility index (Phi) is 5.11. The highest BCUT2D eigenvalue weighted by Gasteiger charge is 2.24. The third-order valence-corrected chi connectivity index (χ3v) is 3.35. The van der Waals surface area contributed by atoms with Crippen LogP contribution in [0, 0.1) is 5.82 Å². The Morgan fingerprint density at radius 3 is 2.45 bits per heavy atom. The molecule has 0 fully saturated rings. The quantitative estimate of drug-likeness (QED) is 0.872. The van der Waals surface area contributed by atoms with Gasteiger partial charge < -0.3 is 10.5 Å². The molecule has 0 saturated carbocycles. The standard InChI is InChI=1S/C15H12BrFN2O3/c16-11-8-10(17)6-7-12(11)22-13(14(20)19-15(18)21)9-4-2-1-3-5-9/h1-8,13H,(H3,18,19,20,21). The summed E-state index contributed by atoms with van der Waals surface area (Å²) in [5.41, 5.74) is 5.49. The van der Waals surface area contributed by atoms with Crippen molar-refractivity contribution in [3.63, 3.8) is 0 Å². The number of carbonyl (C=O) groups excluding carboxylic acids is 2. The summed E-state index contributed by atoms with van der Waals surface area (Å²) in [6.45, 7) is 0. The summed E-state index contributed by atoms with van der Waals surface area (Å²) in [7, 11) is 0. The molecule has 22 heavy (non-hydrogen) atoms. The molecule has 3 N–H and O–H groups in total. The van der Waals surface area contributed by atoms with E-state index in [1.807, 2.05) is 5.32 Å². The van der Waals surface area contributed by atoms with Crippen molar-refractivity contribution in [3.8, 4) is 5.75 Å². The molecule has 0 aliphatic carbocycles. The van der Waals surface area contributed by atoms with Crippen LogP contribution >= 0.6 is 15.9 Å². The predicted molar refractivity (Wildman–Crippen MR) is 81.6 cm³/mol. The number of hydrogen-bond acceptors (Lipinski definition) is 3. The van der Waals surface area contributed by atoms with Crippen LogP contribution in [0.15, 0.2) is 53.0 Å². The summed E-state index contributed by atoms with van der Waals surface area (Å²) in [5.74, 6) is -0.901. The molecule has 0 saturated heterocycles. The first kappa shape index (κ1) is 16.0. The first-order valence-electron chi connectivity index (χ1n) is 6.24. The van der Waals surface area contributed by atoms with Gasteiger partial charge in [0.05, 0.1) is 4.47 Å². The lowest BCUT2D eigenvalue weighted by atomic mass is 10.1. The predicted octanol–water partition coefficient (Wildman–Crippen LogP) is 2.90. The van der Waals surface area contributed by atoms with Gasteiger partial charge in [-0.25, -0.2) is 9.18 Å². The number of imide groups is 1. The lowest BCUT2D eigenvalue weighted by molar-refractivity contribution is -0.127. The number of amides is 3. The Morgan fingerprint density at radius 1 is 1.18 bits per heavy atom. The van der Waals surface area contributed by atoms with Gasteiger partial charge in [-0.05, 0) is 34.1 Å². The second kappa shape index (κ2) is 7.04. The minimum Gasteiger partial charge on any atom is -0.475 e. The highest BCUT2D eigenvalue weighted by molar-refractivity contribution is 9.10. The number of ether oxygens (including phenoxy) is 1. The molecule has 3 amide bonds. The molecular formula is C15H12BrFN2O3. The van der Waals surface area contributed by atoms with E-state index in [-0.39, 0.29) is 5.75 Å². The van der Waals surface area contributed by atoms with Gasteiger partial charge in [-0.2, -0.15) is 0 Å². The second-order valence-corrected chi connectivity index (χ2v) is 5.19. The minimum atomic E-state index is -1.10. The number of primary amides is 1. The lowest BCUT2D eigenvalue weighted by Gasteiger charge is -2.19. The van der Waals surface area contributed by atoms with Crippen LogP contribution in [0.2, 0.25) is 0 Å². The van der Waals surface area contributed by atoms with Crippen molar-refractivity contribution in [2.75, 3.05) is 0 Å². The smallest absolute Gasteiger partial charge is 0.318 e. The molecule has 0 aliphatic rings. The van der Waals surface area contributed by atoms with Gasteiger partial charge in [0.2, 0.25) is 6.10 Å². The number of benzene rings is 2. The van der Waals surface area contributed by atoms with Crippen molar-refractivity contribution >= 4 is 27.9 Å². The van der Waals surface area contributed by atoms with Gasteiger partial charge in [0.1, 0.15) is 11.6 Å². The van der Waals surface area contributed by atoms with E-state index in [4.69, 9.17) is 10.5 Å². The SMILES string of the molecule is NC(=O)NC(=O)C(Oc1ccc(F)cc1Br)c1ccccc1. The second-order valence-electron chi connectivity index (χ2n) is 4.34. The molecule has 2 rings (SSSR count). The Labute approximate surface area is 134 Å². The van der Waals surface area contributed by atoms with Crippen LogP contribution in [0.5, 0.6) is 5.75 Å². The van der Waals surface area contributed by atoms with Crippen molar-refractivity contribution in [1.29, 1.82) is 0 Å². The molecule has 0 heterocycles. The molecule has 0 radical (unpaired) electrons. The summed E-state index contributed by atoms with van der Waals surface area (Å²) in [4.78, 5) is 23.0. The normalized spacial score (nSPS) is 11.5. The zero-order valence-corrected chi connectivity index (χ0v) is 12.8. The molecule has 114 valence electrons. The van der Waals surface area contributed by atoms with Crippen LogP contribution in [0.4, 0.5) is 9.18 Å². The zero-order chi connectivity index (χ0) is 16.1. The van der Waals surface area contributed by atoms with Crippen LogP contribution in [0.3, 0.4) is 0 Å². The molecular weight excluding hydrogens is 355 g/mol. The van der Waals surface area contributed by atoms with Gasteiger partial charge in [0.15, 0.2) is 0 Å². The lowest BCUT2D eigenvalue weighted by Crippen LogP contribution is -2.40. The molecule has 0 aliphatic heterocycles. The Morgan fingerprint density at radius 2 is 1.86 bits per heavy atom. The molecule has 7 heteroatoms. The summed E-state index contributed by atoms with van der Waals surface area (Å²) in [6, 6.07) is 11.4. The van der Waals surface area contributed by atoms with Gasteiger partial charge in [0.25, 0.3) is 5.91 Å². The minimum absolute atomic E-state index is 0.259. The number of rotatable bonds is 4. The van der Waals surface area contributed by atoms with Crippen molar-refractivity contribution in [3.05, 3.63) is 64.4 Å². The summed E-state index contributed by atoms with van der Waals surface area (Å²) >= 11 is 3.16. The molecule has 1 atom stereocenters. The van der Waals surface area contributed by atoms with Crippen LogP contribution in [-0.2, 0) is 4.79 Å². The molecule has 0 aromatic heterocycles. The van der Waals surface area contributed by atoms with E-state index in [1.165, 1.54) is 18.2 Å². The molecule has 2 aromatic carbocycles. The van der Waals surface area contributed by atoms with E-state index in [0.29, 0.717) is 10.0 Å². The Bertz CT molecular complexity index is 694. The fourth-order valence-corrected chi connectivity index (χ4v) is 2.23. The maximum atomic E-state index is 13.1. The van der Waals surface area contributed by atoms with Gasteiger partial charge in [-0.15, -0.1) is 0 Å². The summed E-state index contributed by atoms with van der Waals surface area (Å²) in [5, 5.41) is 1.98.